The Morgan fingerprint density at radius 1 is 1.06 bits per heavy atom. The third kappa shape index (κ3) is 5.63. The zero-order valence-corrected chi connectivity index (χ0v) is 20.3. The number of thioether (sulfide) groups is 1. The molecule has 0 atom stereocenters. The standard InChI is InChI=1S/C23H19IN2O6S/c24-18-4-2-1-3-17(18)22(29)32-16-7-5-15(6-8-16)13-19-21(28)26(23(30)33-19)14-20(27)25-9-11-31-12-10-25/h1-8,13H,9-12,14H2/b19-13-. The number of ether oxygens (including phenoxy) is 2. The first-order valence-corrected chi connectivity index (χ1v) is 12.0. The van der Waals surface area contributed by atoms with Crippen LogP contribution in [-0.2, 0) is 14.3 Å². The number of morpholine rings is 1. The first kappa shape index (κ1) is 23.5. The van der Waals surface area contributed by atoms with E-state index >= 15 is 0 Å². The summed E-state index contributed by atoms with van der Waals surface area (Å²) < 4.78 is 11.4. The van der Waals surface area contributed by atoms with Crippen molar-refractivity contribution in [1.82, 2.24) is 9.80 Å². The minimum atomic E-state index is -0.499. The molecule has 2 heterocycles. The minimum Gasteiger partial charge on any atom is -0.423 e. The zero-order chi connectivity index (χ0) is 23.4. The van der Waals surface area contributed by atoms with Crippen molar-refractivity contribution >= 4 is 63.5 Å². The molecular weight excluding hydrogens is 559 g/mol. The maximum absolute atomic E-state index is 12.7. The van der Waals surface area contributed by atoms with Crippen LogP contribution in [0.4, 0.5) is 4.79 Å². The van der Waals surface area contributed by atoms with Gasteiger partial charge in [-0.2, -0.15) is 0 Å². The van der Waals surface area contributed by atoms with Crippen molar-refractivity contribution in [3.63, 3.8) is 0 Å². The first-order chi connectivity index (χ1) is 15.9. The number of carbonyl (C=O) groups excluding carboxylic acids is 4. The molecule has 33 heavy (non-hydrogen) atoms. The van der Waals surface area contributed by atoms with E-state index in [-0.39, 0.29) is 17.4 Å². The van der Waals surface area contributed by atoms with E-state index < -0.39 is 17.1 Å². The van der Waals surface area contributed by atoms with E-state index in [1.165, 1.54) is 0 Å². The lowest BCUT2D eigenvalue weighted by Crippen LogP contribution is -2.46. The molecule has 4 rings (SSSR count). The minimum absolute atomic E-state index is 0.235. The Morgan fingerprint density at radius 2 is 1.76 bits per heavy atom. The van der Waals surface area contributed by atoms with E-state index in [4.69, 9.17) is 9.47 Å². The predicted octanol–water partition coefficient (Wildman–Crippen LogP) is 3.41. The smallest absolute Gasteiger partial charge is 0.344 e. The molecule has 3 amide bonds. The third-order valence-electron chi connectivity index (χ3n) is 5.01. The number of carbonyl (C=O) groups is 4. The molecule has 0 saturated carbocycles. The van der Waals surface area contributed by atoms with Gasteiger partial charge in [0.1, 0.15) is 12.3 Å². The van der Waals surface area contributed by atoms with Gasteiger partial charge in [0, 0.05) is 16.7 Å². The summed E-state index contributed by atoms with van der Waals surface area (Å²) in [5.41, 5.74) is 1.14. The third-order valence-corrected chi connectivity index (χ3v) is 6.86. The number of hydrogen-bond acceptors (Lipinski definition) is 7. The molecule has 0 aliphatic carbocycles. The van der Waals surface area contributed by atoms with Crippen molar-refractivity contribution < 1.29 is 28.7 Å². The normalized spacial score (nSPS) is 17.5. The number of imide groups is 1. The number of halogens is 1. The van der Waals surface area contributed by atoms with Crippen molar-refractivity contribution in [3.05, 3.63) is 68.1 Å². The second-order valence-corrected chi connectivity index (χ2v) is 9.35. The molecule has 2 fully saturated rings. The molecule has 0 spiro atoms. The van der Waals surface area contributed by atoms with Crippen molar-refractivity contribution in [2.24, 2.45) is 0 Å². The number of esters is 1. The number of nitrogens with zero attached hydrogens (tertiary/aromatic N) is 2. The average Bonchev–Trinajstić information content (AvgIpc) is 3.08. The fraction of sp³-hybridized carbons (Fsp3) is 0.217. The lowest BCUT2D eigenvalue weighted by molar-refractivity contribution is -0.139. The van der Waals surface area contributed by atoms with Crippen LogP contribution < -0.4 is 4.74 Å². The van der Waals surface area contributed by atoms with Crippen LogP contribution in [0.15, 0.2) is 53.4 Å². The summed E-state index contributed by atoms with van der Waals surface area (Å²) in [5, 5.41) is -0.476. The number of benzene rings is 2. The van der Waals surface area contributed by atoms with Gasteiger partial charge in [-0.15, -0.1) is 0 Å². The van der Waals surface area contributed by atoms with Crippen LogP contribution >= 0.6 is 34.4 Å². The molecule has 0 N–H and O–H groups in total. The topological polar surface area (TPSA) is 93.2 Å². The molecule has 0 bridgehead atoms. The van der Waals surface area contributed by atoms with E-state index in [0.717, 1.165) is 20.2 Å². The Balaban J connectivity index is 1.40. The highest BCUT2D eigenvalue weighted by Crippen LogP contribution is 2.32. The maximum Gasteiger partial charge on any atom is 0.344 e. The molecule has 0 radical (unpaired) electrons. The van der Waals surface area contributed by atoms with Crippen LogP contribution in [0.5, 0.6) is 5.75 Å². The van der Waals surface area contributed by atoms with Gasteiger partial charge in [-0.1, -0.05) is 24.3 Å². The van der Waals surface area contributed by atoms with Crippen LogP contribution in [-0.4, -0.2) is 65.7 Å². The molecule has 2 aliphatic rings. The average molecular weight is 578 g/mol. The number of amides is 3. The Labute approximate surface area is 208 Å². The SMILES string of the molecule is O=C(Oc1ccc(/C=C2\SC(=O)N(CC(=O)N3CCOCC3)C2=O)cc1)c1ccccc1I. The zero-order valence-electron chi connectivity index (χ0n) is 17.4. The molecule has 0 aromatic heterocycles. The second-order valence-electron chi connectivity index (χ2n) is 7.20. The van der Waals surface area contributed by atoms with E-state index in [1.54, 1.807) is 47.4 Å². The molecular formula is C23H19IN2O6S. The highest BCUT2D eigenvalue weighted by molar-refractivity contribution is 14.1. The highest BCUT2D eigenvalue weighted by atomic mass is 127. The summed E-state index contributed by atoms with van der Waals surface area (Å²) in [7, 11) is 0. The van der Waals surface area contributed by atoms with Crippen LogP contribution in [0.25, 0.3) is 6.08 Å². The Morgan fingerprint density at radius 3 is 2.45 bits per heavy atom. The molecule has 2 saturated heterocycles. The van der Waals surface area contributed by atoms with Gasteiger partial charge in [-0.05, 0) is 70.3 Å². The van der Waals surface area contributed by atoms with Gasteiger partial charge in [0.25, 0.3) is 11.1 Å². The fourth-order valence-electron chi connectivity index (χ4n) is 3.26. The summed E-state index contributed by atoms with van der Waals surface area (Å²) in [6.45, 7) is 1.51. The first-order valence-electron chi connectivity index (χ1n) is 10.1. The van der Waals surface area contributed by atoms with Gasteiger partial charge >= 0.3 is 5.97 Å². The fourth-order valence-corrected chi connectivity index (χ4v) is 4.70. The molecule has 2 aromatic rings. The van der Waals surface area contributed by atoms with Gasteiger partial charge in [0.15, 0.2) is 0 Å². The summed E-state index contributed by atoms with van der Waals surface area (Å²) >= 11 is 2.87. The molecule has 2 aliphatic heterocycles. The van der Waals surface area contributed by atoms with E-state index in [9.17, 15) is 19.2 Å². The van der Waals surface area contributed by atoms with Crippen molar-refractivity contribution in [1.29, 1.82) is 0 Å². The maximum atomic E-state index is 12.7. The number of hydrogen-bond donors (Lipinski definition) is 0. The predicted molar refractivity (Wildman–Crippen MR) is 131 cm³/mol. The summed E-state index contributed by atoms with van der Waals surface area (Å²) in [5.74, 6) is -0.873. The van der Waals surface area contributed by atoms with Gasteiger partial charge in [-0.25, -0.2) is 4.79 Å². The van der Waals surface area contributed by atoms with E-state index in [0.29, 0.717) is 43.2 Å². The lowest BCUT2D eigenvalue weighted by Gasteiger charge is -2.28. The molecule has 170 valence electrons. The van der Waals surface area contributed by atoms with Crippen molar-refractivity contribution in [3.8, 4) is 5.75 Å². The summed E-state index contributed by atoms with van der Waals surface area (Å²) in [4.78, 5) is 52.6. The van der Waals surface area contributed by atoms with Crippen LogP contribution in [0.1, 0.15) is 15.9 Å². The van der Waals surface area contributed by atoms with E-state index in [2.05, 4.69) is 22.6 Å². The Hall–Kier alpha value is -2.70. The van der Waals surface area contributed by atoms with Gasteiger partial charge in [0.2, 0.25) is 5.91 Å². The molecule has 10 heteroatoms. The largest absolute Gasteiger partial charge is 0.423 e. The van der Waals surface area contributed by atoms with Crippen molar-refractivity contribution in [2.75, 3.05) is 32.8 Å². The van der Waals surface area contributed by atoms with E-state index in [1.807, 2.05) is 12.1 Å². The van der Waals surface area contributed by atoms with Crippen LogP contribution in [0.2, 0.25) is 0 Å². The highest BCUT2D eigenvalue weighted by Gasteiger charge is 2.37. The molecule has 8 nitrogen and oxygen atoms in total. The quantitative estimate of drug-likeness (QED) is 0.233. The molecule has 0 unspecified atom stereocenters. The molecule has 2 aromatic carbocycles. The lowest BCUT2D eigenvalue weighted by atomic mass is 10.2. The monoisotopic (exact) mass is 578 g/mol. The van der Waals surface area contributed by atoms with Gasteiger partial charge < -0.3 is 14.4 Å². The second kappa shape index (κ2) is 10.5. The van der Waals surface area contributed by atoms with Crippen LogP contribution in [0, 0.1) is 3.57 Å². The van der Waals surface area contributed by atoms with Gasteiger partial charge in [-0.3, -0.25) is 19.3 Å². The van der Waals surface area contributed by atoms with Crippen LogP contribution in [0.3, 0.4) is 0 Å². The van der Waals surface area contributed by atoms with Crippen molar-refractivity contribution in [2.45, 2.75) is 0 Å². The number of rotatable bonds is 5. The summed E-state index contributed by atoms with van der Waals surface area (Å²) in [6.07, 6.45) is 1.58. The summed E-state index contributed by atoms with van der Waals surface area (Å²) in [6, 6.07) is 13.7. The van der Waals surface area contributed by atoms with Gasteiger partial charge in [0.05, 0.1) is 23.7 Å². The Kier molecular flexibility index (Phi) is 7.46. The Bertz CT molecular complexity index is 1130.